The Bertz CT molecular complexity index is 930. The Labute approximate surface area is 132 Å². The molecular formula is C18H14FN3O. The number of phenolic OH excluding ortho intramolecular Hbond substituents is 1. The van der Waals surface area contributed by atoms with Crippen LogP contribution in [0.25, 0.3) is 22.7 Å². The average Bonchev–Trinajstić information content (AvgIpc) is 2.86. The smallest absolute Gasteiger partial charge is 0.137 e. The maximum atomic E-state index is 13.4. The van der Waals surface area contributed by atoms with E-state index in [-0.39, 0.29) is 12.3 Å². The highest BCUT2D eigenvalue weighted by atomic mass is 19.1. The fourth-order valence-corrected chi connectivity index (χ4v) is 2.60. The lowest BCUT2D eigenvalue weighted by molar-refractivity contribution is 0.469. The molecular weight excluding hydrogens is 293 g/mol. The van der Waals surface area contributed by atoms with E-state index in [0.717, 1.165) is 22.7 Å². The highest BCUT2D eigenvalue weighted by molar-refractivity contribution is 5.84. The van der Waals surface area contributed by atoms with Crippen LogP contribution >= 0.6 is 0 Å². The molecule has 0 saturated carbocycles. The Morgan fingerprint density at radius 2 is 2.13 bits per heavy atom. The van der Waals surface area contributed by atoms with Gasteiger partial charge in [-0.05, 0) is 48.4 Å². The van der Waals surface area contributed by atoms with Crippen LogP contribution in [-0.4, -0.2) is 14.7 Å². The fourth-order valence-electron chi connectivity index (χ4n) is 2.60. The average molecular weight is 307 g/mol. The van der Waals surface area contributed by atoms with Gasteiger partial charge < -0.3 is 9.67 Å². The van der Waals surface area contributed by atoms with Crippen molar-refractivity contribution in [3.8, 4) is 11.8 Å². The number of benzene rings is 2. The number of aromatic hydroxyl groups is 1. The van der Waals surface area contributed by atoms with Crippen molar-refractivity contribution in [2.24, 2.45) is 0 Å². The van der Waals surface area contributed by atoms with E-state index in [4.69, 9.17) is 5.26 Å². The maximum Gasteiger partial charge on any atom is 0.137 e. The molecule has 3 aromatic rings. The van der Waals surface area contributed by atoms with Gasteiger partial charge in [0.2, 0.25) is 0 Å². The van der Waals surface area contributed by atoms with Crippen LogP contribution in [0.1, 0.15) is 18.3 Å². The second-order valence-electron chi connectivity index (χ2n) is 5.24. The molecule has 0 amide bonds. The summed E-state index contributed by atoms with van der Waals surface area (Å²) in [5, 5.41) is 18.6. The number of nitriles is 1. The molecule has 0 aliphatic rings. The van der Waals surface area contributed by atoms with Gasteiger partial charge in [0.25, 0.3) is 0 Å². The third-order valence-corrected chi connectivity index (χ3v) is 3.52. The van der Waals surface area contributed by atoms with E-state index in [9.17, 15) is 9.50 Å². The normalized spacial score (nSPS) is 11.6. The molecule has 3 rings (SSSR count). The zero-order valence-corrected chi connectivity index (χ0v) is 12.5. The topological polar surface area (TPSA) is 61.8 Å². The number of rotatable bonds is 3. The van der Waals surface area contributed by atoms with Crippen molar-refractivity contribution in [1.82, 2.24) is 9.55 Å². The number of fused-ring (bicyclic) bond motifs is 1. The van der Waals surface area contributed by atoms with Gasteiger partial charge in [-0.3, -0.25) is 0 Å². The summed E-state index contributed by atoms with van der Waals surface area (Å²) in [6.07, 6.45) is 1.73. The van der Waals surface area contributed by atoms with Gasteiger partial charge in [0.05, 0.1) is 17.1 Å². The minimum atomic E-state index is -0.505. The highest BCUT2D eigenvalue weighted by Gasteiger charge is 2.11. The van der Waals surface area contributed by atoms with E-state index in [0.29, 0.717) is 11.4 Å². The molecule has 23 heavy (non-hydrogen) atoms. The van der Waals surface area contributed by atoms with Gasteiger partial charge >= 0.3 is 0 Å². The molecule has 4 nitrogen and oxygen atoms in total. The zero-order chi connectivity index (χ0) is 16.4. The van der Waals surface area contributed by atoms with E-state index < -0.39 is 5.82 Å². The van der Waals surface area contributed by atoms with Crippen molar-refractivity contribution >= 4 is 22.7 Å². The summed E-state index contributed by atoms with van der Waals surface area (Å²) in [5.41, 5.74) is 2.99. The minimum absolute atomic E-state index is 0.130. The largest absolute Gasteiger partial charge is 0.508 e. The van der Waals surface area contributed by atoms with E-state index in [1.54, 1.807) is 6.08 Å². The molecule has 1 heterocycles. The monoisotopic (exact) mass is 307 g/mol. The second kappa shape index (κ2) is 5.93. The molecule has 0 aliphatic carbocycles. The number of halogens is 1. The Kier molecular flexibility index (Phi) is 3.82. The van der Waals surface area contributed by atoms with Gasteiger partial charge in [-0.15, -0.1) is 0 Å². The van der Waals surface area contributed by atoms with E-state index in [2.05, 4.69) is 11.1 Å². The van der Waals surface area contributed by atoms with Crippen LogP contribution in [0.15, 0.2) is 42.5 Å². The molecule has 0 fully saturated rings. The molecule has 114 valence electrons. The quantitative estimate of drug-likeness (QED) is 0.796. The molecule has 0 spiro atoms. The number of aromatic nitrogens is 2. The Morgan fingerprint density at radius 1 is 1.35 bits per heavy atom. The molecule has 0 unspecified atom stereocenters. The van der Waals surface area contributed by atoms with Gasteiger partial charge in [-0.2, -0.15) is 5.26 Å². The molecule has 2 aromatic carbocycles. The predicted octanol–water partition coefficient (Wildman–Crippen LogP) is 3.97. The van der Waals surface area contributed by atoms with Gasteiger partial charge in [0, 0.05) is 6.07 Å². The number of phenols is 1. The van der Waals surface area contributed by atoms with E-state index in [1.165, 1.54) is 12.1 Å². The number of nitrogens with zero attached hydrogens (tertiary/aromatic N) is 3. The SMILES string of the molecule is C/C(=C/c1cc(O)cc(F)c1)c1nc2ccccc2n1CC#N. The first-order chi connectivity index (χ1) is 11.1. The van der Waals surface area contributed by atoms with Crippen LogP contribution in [0.4, 0.5) is 4.39 Å². The zero-order valence-electron chi connectivity index (χ0n) is 12.5. The number of allylic oxidation sites excluding steroid dienone is 1. The van der Waals surface area contributed by atoms with Crippen LogP contribution in [-0.2, 0) is 6.54 Å². The third-order valence-electron chi connectivity index (χ3n) is 3.52. The summed E-state index contributed by atoms with van der Waals surface area (Å²) in [6, 6.07) is 13.6. The number of hydrogen-bond donors (Lipinski definition) is 1. The number of imidazole rings is 1. The first kappa shape index (κ1) is 14.8. The van der Waals surface area contributed by atoms with Gasteiger partial charge in [-0.25, -0.2) is 9.37 Å². The lowest BCUT2D eigenvalue weighted by Gasteiger charge is -2.05. The summed E-state index contributed by atoms with van der Waals surface area (Å²) in [4.78, 5) is 4.56. The van der Waals surface area contributed by atoms with Crippen LogP contribution in [0.5, 0.6) is 5.75 Å². The molecule has 1 N–H and O–H groups in total. The summed E-state index contributed by atoms with van der Waals surface area (Å²) in [6.45, 7) is 2.02. The maximum absolute atomic E-state index is 13.4. The van der Waals surface area contributed by atoms with Crippen molar-refractivity contribution in [2.45, 2.75) is 13.5 Å². The molecule has 0 atom stereocenters. The Balaban J connectivity index is 2.13. The van der Waals surface area contributed by atoms with Crippen LogP contribution in [0.3, 0.4) is 0 Å². The number of hydrogen-bond acceptors (Lipinski definition) is 3. The molecule has 1 aromatic heterocycles. The molecule has 0 radical (unpaired) electrons. The molecule has 5 heteroatoms. The van der Waals surface area contributed by atoms with E-state index in [1.807, 2.05) is 35.8 Å². The molecule has 0 bridgehead atoms. The summed E-state index contributed by atoms with van der Waals surface area (Å²) < 4.78 is 15.2. The highest BCUT2D eigenvalue weighted by Crippen LogP contribution is 2.24. The minimum Gasteiger partial charge on any atom is -0.508 e. The first-order valence-corrected chi connectivity index (χ1v) is 7.09. The first-order valence-electron chi connectivity index (χ1n) is 7.09. The van der Waals surface area contributed by atoms with Crippen molar-refractivity contribution in [2.75, 3.05) is 0 Å². The van der Waals surface area contributed by atoms with Crippen molar-refractivity contribution in [3.63, 3.8) is 0 Å². The standard InChI is InChI=1S/C18H14FN3O/c1-12(8-13-9-14(19)11-15(23)10-13)18-21-16-4-2-3-5-17(16)22(18)7-6-20/h2-5,8-11,23H,7H2,1H3/b12-8-. The predicted molar refractivity (Wildman–Crippen MR) is 87.0 cm³/mol. The van der Waals surface area contributed by atoms with Gasteiger partial charge in [-0.1, -0.05) is 12.1 Å². The summed E-state index contributed by atoms with van der Waals surface area (Å²) in [7, 11) is 0. The lowest BCUT2D eigenvalue weighted by Crippen LogP contribution is -2.00. The van der Waals surface area contributed by atoms with Crippen LogP contribution in [0.2, 0.25) is 0 Å². The summed E-state index contributed by atoms with van der Waals surface area (Å²) >= 11 is 0. The molecule has 0 aliphatic heterocycles. The second-order valence-corrected chi connectivity index (χ2v) is 5.24. The molecule has 0 saturated heterocycles. The van der Waals surface area contributed by atoms with Crippen molar-refractivity contribution in [3.05, 3.63) is 59.7 Å². The van der Waals surface area contributed by atoms with Gasteiger partial charge in [0.1, 0.15) is 23.9 Å². The van der Waals surface area contributed by atoms with Gasteiger partial charge in [0.15, 0.2) is 0 Å². The number of para-hydroxylation sites is 2. The Morgan fingerprint density at radius 3 is 2.87 bits per heavy atom. The Hall–Kier alpha value is -3.13. The van der Waals surface area contributed by atoms with Crippen molar-refractivity contribution < 1.29 is 9.50 Å². The third kappa shape index (κ3) is 2.92. The van der Waals surface area contributed by atoms with Crippen LogP contribution < -0.4 is 0 Å². The fraction of sp³-hybridized carbons (Fsp3) is 0.111. The van der Waals surface area contributed by atoms with Crippen molar-refractivity contribution in [1.29, 1.82) is 5.26 Å². The lowest BCUT2D eigenvalue weighted by atomic mass is 10.1. The van der Waals surface area contributed by atoms with Crippen LogP contribution in [0, 0.1) is 17.1 Å². The summed E-state index contributed by atoms with van der Waals surface area (Å²) in [5.74, 6) is 0.0145. The van der Waals surface area contributed by atoms with E-state index >= 15 is 0 Å².